The summed E-state index contributed by atoms with van der Waals surface area (Å²) in [6.07, 6.45) is 3.67. The van der Waals surface area contributed by atoms with E-state index in [1.807, 2.05) is 48.0 Å². The minimum atomic E-state index is -0.0190. The predicted molar refractivity (Wildman–Crippen MR) is 121 cm³/mol. The molecule has 0 amide bonds. The van der Waals surface area contributed by atoms with Gasteiger partial charge in [-0.2, -0.15) is 4.98 Å². The van der Waals surface area contributed by atoms with Gasteiger partial charge in [0, 0.05) is 36.3 Å². The Kier molecular flexibility index (Phi) is 6.04. The second kappa shape index (κ2) is 8.71. The zero-order valence-electron chi connectivity index (χ0n) is 16.9. The molecule has 0 spiro atoms. The molecule has 0 radical (unpaired) electrons. The van der Waals surface area contributed by atoms with Gasteiger partial charge >= 0.3 is 0 Å². The molecule has 158 valence electrons. The third-order valence-electron chi connectivity index (χ3n) is 5.87. The number of rotatable bonds is 4. The summed E-state index contributed by atoms with van der Waals surface area (Å²) in [5.41, 5.74) is 3.37. The SMILES string of the molecule is Cc1ccccc1-c1cc2cnc(N[C@@H]3CCNC3)nc2n([C@@H]2CCOC2)c1=O.Cl. The Morgan fingerprint density at radius 2 is 2.10 bits per heavy atom. The zero-order valence-corrected chi connectivity index (χ0v) is 17.7. The maximum absolute atomic E-state index is 13.6. The lowest BCUT2D eigenvalue weighted by molar-refractivity contribution is 0.186. The van der Waals surface area contributed by atoms with Crippen LogP contribution in [0.25, 0.3) is 22.2 Å². The maximum Gasteiger partial charge on any atom is 0.260 e. The van der Waals surface area contributed by atoms with E-state index in [0.717, 1.165) is 42.4 Å². The van der Waals surface area contributed by atoms with E-state index in [2.05, 4.69) is 15.6 Å². The molecule has 0 saturated carbocycles. The van der Waals surface area contributed by atoms with Gasteiger partial charge in [0.15, 0.2) is 0 Å². The second-order valence-electron chi connectivity index (χ2n) is 7.87. The minimum Gasteiger partial charge on any atom is -0.379 e. The maximum atomic E-state index is 13.6. The van der Waals surface area contributed by atoms with Crippen molar-refractivity contribution < 1.29 is 4.74 Å². The van der Waals surface area contributed by atoms with Gasteiger partial charge in [-0.1, -0.05) is 24.3 Å². The van der Waals surface area contributed by atoms with Crippen molar-refractivity contribution in [2.75, 3.05) is 31.6 Å². The summed E-state index contributed by atoms with van der Waals surface area (Å²) in [5.74, 6) is 0.571. The highest BCUT2D eigenvalue weighted by atomic mass is 35.5. The predicted octanol–water partition coefficient (Wildman–Crippen LogP) is 2.92. The number of hydrogen-bond donors (Lipinski definition) is 2. The fourth-order valence-corrected chi connectivity index (χ4v) is 4.28. The van der Waals surface area contributed by atoms with E-state index in [4.69, 9.17) is 9.72 Å². The standard InChI is InChI=1S/C22H25N5O2.ClH/c1-14-4-2-3-5-18(14)19-10-15-11-24-22(25-16-6-8-23-12-16)26-20(15)27(21(19)28)17-7-9-29-13-17;/h2-5,10-11,16-17,23H,6-9,12-13H2,1H3,(H,24,25,26);1H/t16-,17-;/m1./s1. The van der Waals surface area contributed by atoms with Gasteiger partial charge in [0.25, 0.3) is 5.56 Å². The van der Waals surface area contributed by atoms with Crippen molar-refractivity contribution >= 4 is 29.4 Å². The molecule has 1 aromatic carbocycles. The quantitative estimate of drug-likeness (QED) is 0.666. The molecule has 2 aliphatic heterocycles. The average Bonchev–Trinajstić information content (AvgIpc) is 3.43. The highest BCUT2D eigenvalue weighted by molar-refractivity contribution is 5.85. The van der Waals surface area contributed by atoms with Crippen LogP contribution in [-0.4, -0.2) is 46.9 Å². The summed E-state index contributed by atoms with van der Waals surface area (Å²) in [7, 11) is 0. The zero-order chi connectivity index (χ0) is 19.8. The number of hydrogen-bond acceptors (Lipinski definition) is 6. The van der Waals surface area contributed by atoms with Crippen LogP contribution in [0.2, 0.25) is 0 Å². The normalized spacial score (nSPS) is 21.0. The van der Waals surface area contributed by atoms with Crippen molar-refractivity contribution in [1.29, 1.82) is 0 Å². The number of ether oxygens (including phenoxy) is 1. The fourth-order valence-electron chi connectivity index (χ4n) is 4.28. The van der Waals surface area contributed by atoms with E-state index < -0.39 is 0 Å². The first-order chi connectivity index (χ1) is 14.2. The molecular formula is C22H26ClN5O2. The van der Waals surface area contributed by atoms with Crippen LogP contribution in [0.1, 0.15) is 24.4 Å². The van der Waals surface area contributed by atoms with Gasteiger partial charge in [-0.15, -0.1) is 12.4 Å². The highest BCUT2D eigenvalue weighted by Crippen LogP contribution is 2.27. The number of anilines is 1. The molecule has 2 saturated heterocycles. The lowest BCUT2D eigenvalue weighted by Crippen LogP contribution is -2.28. The van der Waals surface area contributed by atoms with Crippen molar-refractivity contribution in [3.63, 3.8) is 0 Å². The van der Waals surface area contributed by atoms with Gasteiger partial charge < -0.3 is 15.4 Å². The molecule has 5 rings (SSSR count). The van der Waals surface area contributed by atoms with Crippen molar-refractivity contribution in [3.8, 4) is 11.1 Å². The van der Waals surface area contributed by atoms with E-state index in [-0.39, 0.29) is 24.0 Å². The molecule has 2 aromatic heterocycles. The number of aryl methyl sites for hydroxylation is 1. The number of benzene rings is 1. The monoisotopic (exact) mass is 427 g/mol. The number of aromatic nitrogens is 3. The lowest BCUT2D eigenvalue weighted by Gasteiger charge is -2.19. The molecule has 3 aromatic rings. The van der Waals surface area contributed by atoms with Crippen molar-refractivity contribution in [2.45, 2.75) is 31.8 Å². The molecule has 2 atom stereocenters. The van der Waals surface area contributed by atoms with Crippen LogP contribution in [0.3, 0.4) is 0 Å². The van der Waals surface area contributed by atoms with Crippen LogP contribution in [0.15, 0.2) is 41.3 Å². The van der Waals surface area contributed by atoms with Crippen LogP contribution < -0.4 is 16.2 Å². The topological polar surface area (TPSA) is 81.1 Å². The first kappa shape index (κ1) is 20.8. The summed E-state index contributed by atoms with van der Waals surface area (Å²) in [4.78, 5) is 22.9. The Labute approximate surface area is 181 Å². The van der Waals surface area contributed by atoms with Crippen LogP contribution in [0.5, 0.6) is 0 Å². The molecule has 4 heterocycles. The summed E-state index contributed by atoms with van der Waals surface area (Å²) in [6, 6.07) is 10.2. The summed E-state index contributed by atoms with van der Waals surface area (Å²) in [5, 5.41) is 7.60. The number of halogens is 1. The molecule has 30 heavy (non-hydrogen) atoms. The molecule has 8 heteroatoms. The number of fused-ring (bicyclic) bond motifs is 1. The Morgan fingerprint density at radius 1 is 1.23 bits per heavy atom. The van der Waals surface area contributed by atoms with Gasteiger partial charge in [0.05, 0.1) is 12.6 Å². The lowest BCUT2D eigenvalue weighted by atomic mass is 10.0. The van der Waals surface area contributed by atoms with Crippen molar-refractivity contribution in [2.24, 2.45) is 0 Å². The number of pyridine rings is 1. The van der Waals surface area contributed by atoms with E-state index in [1.165, 1.54) is 0 Å². The second-order valence-corrected chi connectivity index (χ2v) is 7.87. The summed E-state index contributed by atoms with van der Waals surface area (Å²) < 4.78 is 7.42. The van der Waals surface area contributed by atoms with Gasteiger partial charge in [-0.05, 0) is 43.5 Å². The highest BCUT2D eigenvalue weighted by Gasteiger charge is 2.24. The third kappa shape index (κ3) is 3.80. The molecular weight excluding hydrogens is 402 g/mol. The first-order valence-corrected chi connectivity index (χ1v) is 10.2. The van der Waals surface area contributed by atoms with E-state index >= 15 is 0 Å². The Balaban J connectivity index is 0.00000218. The average molecular weight is 428 g/mol. The van der Waals surface area contributed by atoms with Gasteiger partial charge in [0.1, 0.15) is 5.65 Å². The third-order valence-corrected chi connectivity index (χ3v) is 5.87. The Hall–Kier alpha value is -2.48. The Bertz CT molecular complexity index is 1100. The summed E-state index contributed by atoms with van der Waals surface area (Å²) in [6.45, 7) is 5.12. The van der Waals surface area contributed by atoms with Crippen LogP contribution in [0.4, 0.5) is 5.95 Å². The van der Waals surface area contributed by atoms with E-state index in [1.54, 1.807) is 0 Å². The molecule has 0 unspecified atom stereocenters. The summed E-state index contributed by atoms with van der Waals surface area (Å²) >= 11 is 0. The van der Waals surface area contributed by atoms with E-state index in [9.17, 15) is 4.79 Å². The molecule has 7 nitrogen and oxygen atoms in total. The Morgan fingerprint density at radius 3 is 2.83 bits per heavy atom. The largest absolute Gasteiger partial charge is 0.379 e. The smallest absolute Gasteiger partial charge is 0.260 e. The van der Waals surface area contributed by atoms with Gasteiger partial charge in [-0.25, -0.2) is 4.98 Å². The minimum absolute atomic E-state index is 0. The number of nitrogens with zero attached hydrogens (tertiary/aromatic N) is 3. The molecule has 2 N–H and O–H groups in total. The van der Waals surface area contributed by atoms with Crippen molar-refractivity contribution in [1.82, 2.24) is 19.9 Å². The van der Waals surface area contributed by atoms with Crippen LogP contribution >= 0.6 is 12.4 Å². The van der Waals surface area contributed by atoms with Crippen LogP contribution in [0, 0.1) is 6.92 Å². The molecule has 0 bridgehead atoms. The molecule has 2 aliphatic rings. The van der Waals surface area contributed by atoms with Gasteiger partial charge in [-0.3, -0.25) is 9.36 Å². The molecule has 2 fully saturated rings. The van der Waals surface area contributed by atoms with Crippen LogP contribution in [-0.2, 0) is 4.74 Å². The molecule has 0 aliphatic carbocycles. The van der Waals surface area contributed by atoms with Crippen molar-refractivity contribution in [3.05, 3.63) is 52.4 Å². The number of nitrogens with one attached hydrogen (secondary N) is 2. The fraction of sp³-hybridized carbons (Fsp3) is 0.409. The van der Waals surface area contributed by atoms with Gasteiger partial charge in [0.2, 0.25) is 5.95 Å². The first-order valence-electron chi connectivity index (χ1n) is 10.2. The van der Waals surface area contributed by atoms with E-state index in [0.29, 0.717) is 36.4 Å².